The molecule has 1 atom stereocenters. The van der Waals surface area contributed by atoms with Gasteiger partial charge in [0, 0.05) is 11.5 Å². The molecule has 1 aromatic carbocycles. The molecule has 0 fully saturated rings. The normalized spacial score (nSPS) is 20.3. The van der Waals surface area contributed by atoms with Gasteiger partial charge in [-0.3, -0.25) is 0 Å². The molecule has 0 bridgehead atoms. The maximum Gasteiger partial charge on any atom is 0.143 e. The van der Waals surface area contributed by atoms with Crippen LogP contribution in [-0.2, 0) is 0 Å². The molecule has 3 heteroatoms. The molecular formula is C13H18BrNO. The van der Waals surface area contributed by atoms with Gasteiger partial charge >= 0.3 is 0 Å². The van der Waals surface area contributed by atoms with E-state index in [-0.39, 0.29) is 5.41 Å². The minimum absolute atomic E-state index is 0.222. The molecule has 88 valence electrons. The Balaban J connectivity index is 2.36. The molecule has 1 aliphatic rings. The minimum Gasteiger partial charge on any atom is -0.489 e. The molecular weight excluding hydrogens is 266 g/mol. The van der Waals surface area contributed by atoms with Gasteiger partial charge in [0.25, 0.3) is 0 Å². The van der Waals surface area contributed by atoms with E-state index in [1.54, 1.807) is 0 Å². The Morgan fingerprint density at radius 3 is 2.69 bits per heavy atom. The molecule has 1 aliphatic heterocycles. The zero-order valence-electron chi connectivity index (χ0n) is 10.2. The van der Waals surface area contributed by atoms with Gasteiger partial charge in [-0.15, -0.1) is 0 Å². The van der Waals surface area contributed by atoms with Crippen molar-refractivity contribution in [3.05, 3.63) is 22.7 Å². The van der Waals surface area contributed by atoms with E-state index in [4.69, 9.17) is 4.74 Å². The summed E-state index contributed by atoms with van der Waals surface area (Å²) in [6.07, 6.45) is 0. The lowest BCUT2D eigenvalue weighted by molar-refractivity contribution is 0.185. The van der Waals surface area contributed by atoms with Crippen LogP contribution in [0.5, 0.6) is 5.75 Å². The predicted molar refractivity (Wildman–Crippen MR) is 71.3 cm³/mol. The zero-order chi connectivity index (χ0) is 11.9. The molecule has 0 N–H and O–H groups in total. The lowest BCUT2D eigenvalue weighted by atomic mass is 9.85. The lowest BCUT2D eigenvalue weighted by Gasteiger charge is -2.43. The quantitative estimate of drug-likeness (QED) is 0.720. The first-order valence-corrected chi connectivity index (χ1v) is 6.34. The van der Waals surface area contributed by atoms with Crippen LogP contribution in [0.2, 0.25) is 0 Å². The van der Waals surface area contributed by atoms with Gasteiger partial charge in [-0.1, -0.05) is 36.7 Å². The van der Waals surface area contributed by atoms with Crippen molar-refractivity contribution in [1.29, 1.82) is 0 Å². The molecule has 0 saturated carbocycles. The SMILES string of the molecule is CN1c2ccc(Br)cc2OCC1C(C)(C)C. The number of hydrogen-bond donors (Lipinski definition) is 0. The summed E-state index contributed by atoms with van der Waals surface area (Å²) < 4.78 is 6.91. The predicted octanol–water partition coefficient (Wildman–Crippen LogP) is 3.69. The molecule has 2 nitrogen and oxygen atoms in total. The summed E-state index contributed by atoms with van der Waals surface area (Å²) in [6, 6.07) is 6.62. The summed E-state index contributed by atoms with van der Waals surface area (Å²) in [5, 5.41) is 0. The molecule has 1 heterocycles. The molecule has 0 radical (unpaired) electrons. The van der Waals surface area contributed by atoms with Crippen LogP contribution in [0.15, 0.2) is 22.7 Å². The van der Waals surface area contributed by atoms with Crippen molar-refractivity contribution in [3.8, 4) is 5.75 Å². The fourth-order valence-electron chi connectivity index (χ4n) is 2.17. The minimum atomic E-state index is 0.222. The van der Waals surface area contributed by atoms with Crippen LogP contribution in [0.25, 0.3) is 0 Å². The number of rotatable bonds is 0. The molecule has 16 heavy (non-hydrogen) atoms. The van der Waals surface area contributed by atoms with E-state index >= 15 is 0 Å². The number of halogens is 1. The fourth-order valence-corrected chi connectivity index (χ4v) is 2.51. The van der Waals surface area contributed by atoms with Crippen molar-refractivity contribution in [2.75, 3.05) is 18.6 Å². The third-order valence-electron chi connectivity index (χ3n) is 3.17. The standard InChI is InChI=1S/C13H18BrNO/c1-13(2,3)12-8-16-11-7-9(14)5-6-10(11)15(12)4/h5-7,12H,8H2,1-4H3. The number of fused-ring (bicyclic) bond motifs is 1. The van der Waals surface area contributed by atoms with E-state index in [0.717, 1.165) is 16.8 Å². The van der Waals surface area contributed by atoms with Gasteiger partial charge in [-0.2, -0.15) is 0 Å². The van der Waals surface area contributed by atoms with Gasteiger partial charge in [0.15, 0.2) is 0 Å². The first-order valence-electron chi connectivity index (χ1n) is 5.55. The van der Waals surface area contributed by atoms with Crippen LogP contribution in [0.4, 0.5) is 5.69 Å². The number of benzene rings is 1. The number of anilines is 1. The average Bonchev–Trinajstić information content (AvgIpc) is 2.15. The zero-order valence-corrected chi connectivity index (χ0v) is 11.8. The lowest BCUT2D eigenvalue weighted by Crippen LogP contribution is -2.48. The van der Waals surface area contributed by atoms with Gasteiger partial charge in [0.05, 0.1) is 11.7 Å². The van der Waals surface area contributed by atoms with Crippen molar-refractivity contribution in [1.82, 2.24) is 0 Å². The largest absolute Gasteiger partial charge is 0.489 e. The van der Waals surface area contributed by atoms with Gasteiger partial charge in [0.1, 0.15) is 12.4 Å². The van der Waals surface area contributed by atoms with Gasteiger partial charge in [-0.25, -0.2) is 0 Å². The van der Waals surface area contributed by atoms with Crippen molar-refractivity contribution < 1.29 is 4.74 Å². The molecule has 0 spiro atoms. The van der Waals surface area contributed by atoms with E-state index in [0.29, 0.717) is 6.04 Å². The molecule has 0 aliphatic carbocycles. The molecule has 0 amide bonds. The summed E-state index contributed by atoms with van der Waals surface area (Å²) in [7, 11) is 2.14. The summed E-state index contributed by atoms with van der Waals surface area (Å²) in [4.78, 5) is 2.32. The Kier molecular flexibility index (Phi) is 2.91. The second-order valence-corrected chi connectivity index (χ2v) is 6.33. The first-order chi connectivity index (χ1) is 7.39. The molecule has 1 aromatic rings. The molecule has 0 aromatic heterocycles. The van der Waals surface area contributed by atoms with E-state index in [1.165, 1.54) is 5.69 Å². The summed E-state index contributed by atoms with van der Waals surface area (Å²) >= 11 is 3.47. The van der Waals surface area contributed by atoms with Crippen molar-refractivity contribution >= 4 is 21.6 Å². The monoisotopic (exact) mass is 283 g/mol. The van der Waals surface area contributed by atoms with Crippen LogP contribution in [0.1, 0.15) is 20.8 Å². The van der Waals surface area contributed by atoms with E-state index < -0.39 is 0 Å². The number of nitrogens with zero attached hydrogens (tertiary/aromatic N) is 1. The Labute approximate surface area is 106 Å². The second-order valence-electron chi connectivity index (χ2n) is 5.42. The highest BCUT2D eigenvalue weighted by atomic mass is 79.9. The molecule has 2 rings (SSSR count). The van der Waals surface area contributed by atoms with Crippen molar-refractivity contribution in [2.45, 2.75) is 26.8 Å². The molecule has 1 unspecified atom stereocenters. The van der Waals surface area contributed by atoms with Gasteiger partial charge in [-0.05, 0) is 23.6 Å². The third kappa shape index (κ3) is 2.05. The second kappa shape index (κ2) is 3.95. The highest BCUT2D eigenvalue weighted by Gasteiger charge is 2.33. The highest BCUT2D eigenvalue weighted by molar-refractivity contribution is 9.10. The van der Waals surface area contributed by atoms with E-state index in [1.807, 2.05) is 6.07 Å². The number of ether oxygens (including phenoxy) is 1. The van der Waals surface area contributed by atoms with Crippen molar-refractivity contribution in [2.24, 2.45) is 5.41 Å². The average molecular weight is 284 g/mol. The maximum absolute atomic E-state index is 5.84. The van der Waals surface area contributed by atoms with E-state index in [2.05, 4.69) is 60.8 Å². The Bertz CT molecular complexity index is 397. The van der Waals surface area contributed by atoms with Crippen LogP contribution in [-0.4, -0.2) is 19.7 Å². The Hall–Kier alpha value is -0.700. The molecule has 0 saturated heterocycles. The van der Waals surface area contributed by atoms with Gasteiger partial charge < -0.3 is 9.64 Å². The van der Waals surface area contributed by atoms with Crippen LogP contribution < -0.4 is 9.64 Å². The summed E-state index contributed by atoms with van der Waals surface area (Å²) in [5.74, 6) is 0.970. The summed E-state index contributed by atoms with van der Waals surface area (Å²) in [5.41, 5.74) is 1.40. The Morgan fingerprint density at radius 2 is 2.06 bits per heavy atom. The van der Waals surface area contributed by atoms with Crippen LogP contribution >= 0.6 is 15.9 Å². The van der Waals surface area contributed by atoms with E-state index in [9.17, 15) is 0 Å². The summed E-state index contributed by atoms with van der Waals surface area (Å²) in [6.45, 7) is 7.51. The number of hydrogen-bond acceptors (Lipinski definition) is 2. The number of likely N-dealkylation sites (N-methyl/N-ethyl adjacent to an activating group) is 1. The maximum atomic E-state index is 5.84. The van der Waals surface area contributed by atoms with Crippen molar-refractivity contribution in [3.63, 3.8) is 0 Å². The third-order valence-corrected chi connectivity index (χ3v) is 3.66. The van der Waals surface area contributed by atoms with Gasteiger partial charge in [0.2, 0.25) is 0 Å². The fraction of sp³-hybridized carbons (Fsp3) is 0.538. The Morgan fingerprint density at radius 1 is 1.38 bits per heavy atom. The van der Waals surface area contributed by atoms with Crippen LogP contribution in [0.3, 0.4) is 0 Å². The highest BCUT2D eigenvalue weighted by Crippen LogP contribution is 2.39. The smallest absolute Gasteiger partial charge is 0.143 e. The topological polar surface area (TPSA) is 12.5 Å². The van der Waals surface area contributed by atoms with Crippen LogP contribution in [0, 0.1) is 5.41 Å². The first kappa shape index (κ1) is 11.8.